The third-order valence-electron chi connectivity index (χ3n) is 3.22. The predicted octanol–water partition coefficient (Wildman–Crippen LogP) is 3.18. The lowest BCUT2D eigenvalue weighted by Gasteiger charge is -2.09. The third-order valence-corrected chi connectivity index (χ3v) is 4.22. The lowest BCUT2D eigenvalue weighted by molar-refractivity contribution is -0.118. The second-order valence-corrected chi connectivity index (χ2v) is 6.57. The van der Waals surface area contributed by atoms with Gasteiger partial charge < -0.3 is 5.32 Å². The SMILES string of the molecule is Cc1cc(Sc2ccc(NC(=O)C(C)C)cc2)n2ncnc2n1. The molecule has 1 aromatic carbocycles. The van der Waals surface area contributed by atoms with Gasteiger partial charge in [0.1, 0.15) is 11.4 Å². The summed E-state index contributed by atoms with van der Waals surface area (Å²) in [4.78, 5) is 21.2. The molecular weight excluding hydrogens is 310 g/mol. The van der Waals surface area contributed by atoms with E-state index in [1.54, 1.807) is 16.3 Å². The quantitative estimate of drug-likeness (QED) is 0.745. The molecule has 6 nitrogen and oxygen atoms in total. The number of nitrogens with one attached hydrogen (secondary N) is 1. The lowest BCUT2D eigenvalue weighted by atomic mass is 10.2. The van der Waals surface area contributed by atoms with Crippen molar-refractivity contribution in [3.05, 3.63) is 42.4 Å². The Bertz CT molecular complexity index is 841. The third kappa shape index (κ3) is 3.50. The molecule has 2 aromatic heterocycles. The molecule has 118 valence electrons. The molecule has 7 heteroatoms. The molecule has 23 heavy (non-hydrogen) atoms. The Morgan fingerprint density at radius 1 is 1.26 bits per heavy atom. The number of aryl methyl sites for hydroxylation is 1. The van der Waals surface area contributed by atoms with Crippen LogP contribution in [0, 0.1) is 12.8 Å². The van der Waals surface area contributed by atoms with Crippen molar-refractivity contribution in [3.8, 4) is 0 Å². The van der Waals surface area contributed by atoms with Crippen molar-refractivity contribution in [1.82, 2.24) is 19.6 Å². The summed E-state index contributed by atoms with van der Waals surface area (Å²) >= 11 is 1.58. The van der Waals surface area contributed by atoms with E-state index >= 15 is 0 Å². The second kappa shape index (κ2) is 6.37. The fraction of sp³-hybridized carbons (Fsp3) is 0.250. The maximum absolute atomic E-state index is 11.7. The van der Waals surface area contributed by atoms with Gasteiger partial charge in [-0.15, -0.1) is 0 Å². The van der Waals surface area contributed by atoms with Gasteiger partial charge in [-0.25, -0.2) is 4.98 Å². The van der Waals surface area contributed by atoms with Gasteiger partial charge in [-0.05, 0) is 37.3 Å². The minimum atomic E-state index is -0.0376. The van der Waals surface area contributed by atoms with E-state index in [1.165, 1.54) is 6.33 Å². The van der Waals surface area contributed by atoms with Crippen LogP contribution in [-0.4, -0.2) is 25.5 Å². The fourth-order valence-electron chi connectivity index (χ4n) is 1.98. The first-order valence-corrected chi connectivity index (χ1v) is 8.11. The molecule has 0 radical (unpaired) electrons. The van der Waals surface area contributed by atoms with E-state index in [9.17, 15) is 4.79 Å². The van der Waals surface area contributed by atoms with Crippen LogP contribution in [0.15, 0.2) is 46.6 Å². The average molecular weight is 327 g/mol. The summed E-state index contributed by atoms with van der Waals surface area (Å²) in [6.45, 7) is 5.67. The molecule has 1 N–H and O–H groups in total. The molecule has 0 aliphatic carbocycles. The van der Waals surface area contributed by atoms with Crippen molar-refractivity contribution in [1.29, 1.82) is 0 Å². The number of carbonyl (C=O) groups excluding carboxylic acids is 1. The smallest absolute Gasteiger partial charge is 0.253 e. The number of carbonyl (C=O) groups is 1. The summed E-state index contributed by atoms with van der Waals surface area (Å²) in [7, 11) is 0. The molecule has 3 aromatic rings. The van der Waals surface area contributed by atoms with Crippen LogP contribution in [0.5, 0.6) is 0 Å². The van der Waals surface area contributed by atoms with E-state index in [0.29, 0.717) is 5.78 Å². The molecular formula is C16H17N5OS. The molecule has 0 saturated carbocycles. The first kappa shape index (κ1) is 15.5. The highest BCUT2D eigenvalue weighted by Crippen LogP contribution is 2.28. The zero-order valence-corrected chi connectivity index (χ0v) is 14.0. The summed E-state index contributed by atoms with van der Waals surface area (Å²) in [6, 6.07) is 9.71. The molecule has 0 fully saturated rings. The first-order valence-electron chi connectivity index (χ1n) is 7.29. The van der Waals surface area contributed by atoms with Gasteiger partial charge in [-0.2, -0.15) is 14.6 Å². The van der Waals surface area contributed by atoms with Gasteiger partial charge in [-0.3, -0.25) is 4.79 Å². The number of rotatable bonds is 4. The highest BCUT2D eigenvalue weighted by molar-refractivity contribution is 7.99. The minimum absolute atomic E-state index is 0.0134. The van der Waals surface area contributed by atoms with Crippen LogP contribution < -0.4 is 5.32 Å². The average Bonchev–Trinajstić information content (AvgIpc) is 2.97. The van der Waals surface area contributed by atoms with Gasteiger partial charge in [0.15, 0.2) is 0 Å². The van der Waals surface area contributed by atoms with Crippen molar-refractivity contribution < 1.29 is 4.79 Å². The minimum Gasteiger partial charge on any atom is -0.326 e. The second-order valence-electron chi connectivity index (χ2n) is 5.48. The Hall–Kier alpha value is -2.41. The molecule has 1 amide bonds. The number of anilines is 1. The Balaban J connectivity index is 1.80. The van der Waals surface area contributed by atoms with E-state index < -0.39 is 0 Å². The number of amides is 1. The van der Waals surface area contributed by atoms with Crippen LogP contribution in [0.2, 0.25) is 0 Å². The monoisotopic (exact) mass is 327 g/mol. The topological polar surface area (TPSA) is 72.2 Å². The van der Waals surface area contributed by atoms with Gasteiger partial charge in [0.2, 0.25) is 5.91 Å². The van der Waals surface area contributed by atoms with Crippen LogP contribution in [0.1, 0.15) is 19.5 Å². The zero-order chi connectivity index (χ0) is 16.4. The molecule has 0 bridgehead atoms. The van der Waals surface area contributed by atoms with Crippen LogP contribution >= 0.6 is 11.8 Å². The molecule has 3 rings (SSSR count). The van der Waals surface area contributed by atoms with E-state index in [0.717, 1.165) is 21.3 Å². The van der Waals surface area contributed by atoms with Gasteiger partial charge in [0.05, 0.1) is 0 Å². The van der Waals surface area contributed by atoms with Crippen molar-refractivity contribution in [2.24, 2.45) is 5.92 Å². The molecule has 0 aliphatic rings. The standard InChI is InChI=1S/C16H17N5OS/c1-10(2)15(22)20-12-4-6-13(7-5-12)23-14-8-11(3)19-16-17-9-18-21(14)16/h4-10H,1-3H3,(H,20,22). The van der Waals surface area contributed by atoms with Crippen molar-refractivity contribution in [2.75, 3.05) is 5.32 Å². The zero-order valence-electron chi connectivity index (χ0n) is 13.1. The number of fused-ring (bicyclic) bond motifs is 1. The molecule has 0 saturated heterocycles. The maximum Gasteiger partial charge on any atom is 0.253 e. The summed E-state index contributed by atoms with van der Waals surface area (Å²) in [5.74, 6) is 0.567. The van der Waals surface area contributed by atoms with Crippen molar-refractivity contribution >= 4 is 29.1 Å². The highest BCUT2D eigenvalue weighted by Gasteiger charge is 2.09. The lowest BCUT2D eigenvalue weighted by Crippen LogP contribution is -2.17. The van der Waals surface area contributed by atoms with Gasteiger partial charge >= 0.3 is 0 Å². The van der Waals surface area contributed by atoms with Crippen LogP contribution in [0.4, 0.5) is 5.69 Å². The molecule has 0 aliphatic heterocycles. The van der Waals surface area contributed by atoms with Gasteiger partial charge in [-0.1, -0.05) is 25.6 Å². The van der Waals surface area contributed by atoms with Crippen molar-refractivity contribution in [3.63, 3.8) is 0 Å². The highest BCUT2D eigenvalue weighted by atomic mass is 32.2. The van der Waals surface area contributed by atoms with Crippen LogP contribution in [0.3, 0.4) is 0 Å². The number of nitrogens with zero attached hydrogens (tertiary/aromatic N) is 4. The summed E-state index contributed by atoms with van der Waals surface area (Å²) < 4.78 is 1.71. The largest absolute Gasteiger partial charge is 0.326 e. The van der Waals surface area contributed by atoms with Crippen LogP contribution in [-0.2, 0) is 4.79 Å². The Kier molecular flexibility index (Phi) is 4.29. The first-order chi connectivity index (χ1) is 11.0. The van der Waals surface area contributed by atoms with E-state index in [-0.39, 0.29) is 11.8 Å². The Morgan fingerprint density at radius 2 is 2.00 bits per heavy atom. The normalized spacial score (nSPS) is 11.1. The molecule has 0 unspecified atom stereocenters. The van der Waals surface area contributed by atoms with E-state index in [4.69, 9.17) is 0 Å². The molecule has 0 atom stereocenters. The molecule has 2 heterocycles. The Labute approximate surface area is 138 Å². The van der Waals surface area contributed by atoms with Gasteiger partial charge in [0, 0.05) is 22.2 Å². The van der Waals surface area contributed by atoms with Gasteiger partial charge in [0.25, 0.3) is 5.78 Å². The van der Waals surface area contributed by atoms with E-state index in [2.05, 4.69) is 20.4 Å². The summed E-state index contributed by atoms with van der Waals surface area (Å²) in [5, 5.41) is 8.03. The number of aromatic nitrogens is 4. The summed E-state index contributed by atoms with van der Waals surface area (Å²) in [5.41, 5.74) is 1.69. The number of benzene rings is 1. The molecule has 0 spiro atoms. The van der Waals surface area contributed by atoms with Crippen LogP contribution in [0.25, 0.3) is 5.78 Å². The summed E-state index contributed by atoms with van der Waals surface area (Å²) in [6.07, 6.45) is 1.50. The number of hydrogen-bond donors (Lipinski definition) is 1. The maximum atomic E-state index is 11.7. The van der Waals surface area contributed by atoms with Crippen molar-refractivity contribution in [2.45, 2.75) is 30.7 Å². The Morgan fingerprint density at radius 3 is 2.70 bits per heavy atom. The van der Waals surface area contributed by atoms with E-state index in [1.807, 2.05) is 51.1 Å². The number of hydrogen-bond acceptors (Lipinski definition) is 5. The predicted molar refractivity (Wildman–Crippen MR) is 89.6 cm³/mol. The fourth-order valence-corrected chi connectivity index (χ4v) is 2.94.